The van der Waals surface area contributed by atoms with Crippen molar-refractivity contribution in [3.63, 3.8) is 0 Å². The number of non-ortho nitro benzene ring substituents is 1. The van der Waals surface area contributed by atoms with Gasteiger partial charge in [0.25, 0.3) is 5.69 Å². The molecular weight excluding hydrogens is 317 g/mol. The summed E-state index contributed by atoms with van der Waals surface area (Å²) in [5.41, 5.74) is 8.28. The van der Waals surface area contributed by atoms with E-state index >= 15 is 0 Å². The molecule has 0 aliphatic heterocycles. The van der Waals surface area contributed by atoms with Crippen LogP contribution in [0, 0.1) is 15.9 Å². The van der Waals surface area contributed by atoms with Crippen LogP contribution in [0.3, 0.4) is 0 Å². The van der Waals surface area contributed by atoms with E-state index in [1.807, 2.05) is 0 Å². The first-order valence-electron chi connectivity index (χ1n) is 6.77. The van der Waals surface area contributed by atoms with Crippen LogP contribution in [0.1, 0.15) is 10.4 Å². The molecule has 0 radical (unpaired) electrons. The molecule has 0 amide bonds. The van der Waals surface area contributed by atoms with E-state index < -0.39 is 4.92 Å². The van der Waals surface area contributed by atoms with E-state index in [0.717, 1.165) is 16.0 Å². The Morgan fingerprint density at radius 3 is 2.39 bits per heavy atom. The number of nitrogens with zero attached hydrogens (tertiary/aromatic N) is 2. The second-order valence-electron chi connectivity index (χ2n) is 4.93. The first kappa shape index (κ1) is 15.1. The summed E-state index contributed by atoms with van der Waals surface area (Å²) in [5, 5.41) is 11.1. The highest BCUT2D eigenvalue weighted by molar-refractivity contribution is 7.15. The van der Waals surface area contributed by atoms with E-state index in [1.165, 1.54) is 35.6 Å². The van der Waals surface area contributed by atoms with Crippen molar-refractivity contribution in [3.05, 3.63) is 74.9 Å². The maximum absolute atomic E-state index is 13.1. The number of nitro benzene ring substituents is 1. The predicted octanol–water partition coefficient (Wildman–Crippen LogP) is 4.03. The Morgan fingerprint density at radius 1 is 1.13 bits per heavy atom. The number of rotatable bonds is 4. The number of nitro groups is 1. The normalized spacial score (nSPS) is 10.7. The Bertz CT molecular complexity index is 845. The smallest absolute Gasteiger partial charge is 0.269 e. The number of nitrogen functional groups attached to an aromatic ring is 1. The molecule has 5 nitrogen and oxygen atoms in total. The maximum Gasteiger partial charge on any atom is 0.269 e. The maximum atomic E-state index is 13.1. The van der Waals surface area contributed by atoms with Crippen molar-refractivity contribution in [3.8, 4) is 11.3 Å². The first-order valence-corrected chi connectivity index (χ1v) is 7.59. The zero-order valence-corrected chi connectivity index (χ0v) is 12.7. The van der Waals surface area contributed by atoms with Gasteiger partial charge >= 0.3 is 0 Å². The average Bonchev–Trinajstić information content (AvgIpc) is 2.89. The molecule has 0 saturated heterocycles. The van der Waals surface area contributed by atoms with Gasteiger partial charge in [0, 0.05) is 29.0 Å². The van der Waals surface area contributed by atoms with Crippen LogP contribution in [0.5, 0.6) is 0 Å². The molecule has 0 spiro atoms. The lowest BCUT2D eigenvalue weighted by atomic mass is 10.1. The number of benzene rings is 2. The van der Waals surface area contributed by atoms with Crippen molar-refractivity contribution < 1.29 is 9.31 Å². The highest BCUT2D eigenvalue weighted by Gasteiger charge is 2.13. The summed E-state index contributed by atoms with van der Waals surface area (Å²) in [6.07, 6.45) is 0.555. The third kappa shape index (κ3) is 3.35. The van der Waals surface area contributed by atoms with Crippen LogP contribution in [-0.4, -0.2) is 9.91 Å². The number of aromatic nitrogens is 1. The van der Waals surface area contributed by atoms with Gasteiger partial charge in [-0.15, -0.1) is 11.3 Å². The topological polar surface area (TPSA) is 82.0 Å². The molecule has 116 valence electrons. The van der Waals surface area contributed by atoms with Crippen molar-refractivity contribution in [1.82, 2.24) is 4.98 Å². The van der Waals surface area contributed by atoms with Gasteiger partial charge in [-0.2, -0.15) is 0 Å². The Labute approximate surface area is 135 Å². The van der Waals surface area contributed by atoms with Crippen LogP contribution in [-0.2, 0) is 6.42 Å². The van der Waals surface area contributed by atoms with Gasteiger partial charge in [-0.3, -0.25) is 10.1 Å². The van der Waals surface area contributed by atoms with Crippen LogP contribution in [0.25, 0.3) is 11.3 Å². The average molecular weight is 329 g/mol. The summed E-state index contributed by atoms with van der Waals surface area (Å²) in [6.45, 7) is 0. The molecule has 0 atom stereocenters. The van der Waals surface area contributed by atoms with Crippen LogP contribution in [0.2, 0.25) is 0 Å². The SMILES string of the molecule is Nc1nc(-c2ccc(F)cc2)c(Cc2ccc([N+](=O)[O-])cc2)s1. The minimum absolute atomic E-state index is 0.0522. The van der Waals surface area contributed by atoms with E-state index in [2.05, 4.69) is 4.98 Å². The summed E-state index contributed by atoms with van der Waals surface area (Å²) in [6, 6.07) is 12.4. The fraction of sp³-hybridized carbons (Fsp3) is 0.0625. The summed E-state index contributed by atoms with van der Waals surface area (Å²) in [5.74, 6) is -0.311. The second-order valence-corrected chi connectivity index (χ2v) is 6.05. The van der Waals surface area contributed by atoms with Crippen LogP contribution >= 0.6 is 11.3 Å². The predicted molar refractivity (Wildman–Crippen MR) is 87.8 cm³/mol. The zero-order chi connectivity index (χ0) is 16.4. The molecule has 23 heavy (non-hydrogen) atoms. The molecule has 1 aromatic heterocycles. The third-order valence-corrected chi connectivity index (χ3v) is 4.23. The number of hydrogen-bond donors (Lipinski definition) is 1. The van der Waals surface area contributed by atoms with E-state index in [1.54, 1.807) is 24.3 Å². The molecule has 0 aliphatic rings. The van der Waals surface area contributed by atoms with Gasteiger partial charge in [0.15, 0.2) is 5.13 Å². The van der Waals surface area contributed by atoms with Gasteiger partial charge in [-0.25, -0.2) is 9.37 Å². The molecule has 0 aliphatic carbocycles. The number of nitrogens with two attached hydrogens (primary N) is 1. The highest BCUT2D eigenvalue weighted by atomic mass is 32.1. The lowest BCUT2D eigenvalue weighted by Crippen LogP contribution is -1.91. The van der Waals surface area contributed by atoms with Crippen molar-refractivity contribution in [2.75, 3.05) is 5.73 Å². The van der Waals surface area contributed by atoms with Crippen LogP contribution in [0.15, 0.2) is 48.5 Å². The van der Waals surface area contributed by atoms with Crippen LogP contribution < -0.4 is 5.73 Å². The summed E-state index contributed by atoms with van der Waals surface area (Å²) < 4.78 is 13.1. The van der Waals surface area contributed by atoms with Gasteiger partial charge in [-0.05, 0) is 29.8 Å². The second kappa shape index (κ2) is 6.13. The van der Waals surface area contributed by atoms with Gasteiger partial charge in [0.05, 0.1) is 10.6 Å². The Hall–Kier alpha value is -2.80. The largest absolute Gasteiger partial charge is 0.375 e. The van der Waals surface area contributed by atoms with E-state index in [-0.39, 0.29) is 11.5 Å². The van der Waals surface area contributed by atoms with Gasteiger partial charge in [0.2, 0.25) is 0 Å². The van der Waals surface area contributed by atoms with Gasteiger partial charge < -0.3 is 5.73 Å². The Kier molecular flexibility index (Phi) is 4.03. The molecule has 0 bridgehead atoms. The minimum Gasteiger partial charge on any atom is -0.375 e. The molecule has 3 rings (SSSR count). The molecule has 2 aromatic carbocycles. The fourth-order valence-corrected chi connectivity index (χ4v) is 3.13. The number of thiazole rings is 1. The summed E-state index contributed by atoms with van der Waals surface area (Å²) in [7, 11) is 0. The van der Waals surface area contributed by atoms with Crippen molar-refractivity contribution in [1.29, 1.82) is 0 Å². The van der Waals surface area contributed by atoms with E-state index in [0.29, 0.717) is 17.2 Å². The molecule has 7 heteroatoms. The fourth-order valence-electron chi connectivity index (χ4n) is 2.24. The molecule has 2 N–H and O–H groups in total. The molecule has 0 fully saturated rings. The van der Waals surface area contributed by atoms with Crippen molar-refractivity contribution >= 4 is 22.2 Å². The monoisotopic (exact) mass is 329 g/mol. The minimum atomic E-state index is -0.432. The number of halogens is 1. The summed E-state index contributed by atoms with van der Waals surface area (Å²) in [4.78, 5) is 15.5. The van der Waals surface area contributed by atoms with Gasteiger partial charge in [0.1, 0.15) is 5.82 Å². The first-order chi connectivity index (χ1) is 11.0. The van der Waals surface area contributed by atoms with Crippen molar-refractivity contribution in [2.45, 2.75) is 6.42 Å². The van der Waals surface area contributed by atoms with Crippen LogP contribution in [0.4, 0.5) is 15.2 Å². The lowest BCUT2D eigenvalue weighted by Gasteiger charge is -2.03. The van der Waals surface area contributed by atoms with E-state index in [4.69, 9.17) is 5.73 Å². The van der Waals surface area contributed by atoms with Crippen molar-refractivity contribution in [2.24, 2.45) is 0 Å². The number of hydrogen-bond acceptors (Lipinski definition) is 5. The zero-order valence-electron chi connectivity index (χ0n) is 11.9. The molecular formula is C16H12FN3O2S. The van der Waals surface area contributed by atoms with E-state index in [9.17, 15) is 14.5 Å². The molecule has 1 heterocycles. The summed E-state index contributed by atoms with van der Waals surface area (Å²) >= 11 is 1.36. The molecule has 3 aromatic rings. The third-order valence-electron chi connectivity index (χ3n) is 3.34. The quantitative estimate of drug-likeness (QED) is 0.578. The lowest BCUT2D eigenvalue weighted by molar-refractivity contribution is -0.384. The highest BCUT2D eigenvalue weighted by Crippen LogP contribution is 2.32. The standard InChI is InChI=1S/C16H12FN3O2S/c17-12-5-3-11(4-6-12)15-14(23-16(18)19-15)9-10-1-7-13(8-2-10)20(21)22/h1-8H,9H2,(H2,18,19). The molecule has 0 unspecified atom stereocenters. The Balaban J connectivity index is 1.91. The number of anilines is 1. The molecule has 0 saturated carbocycles. The van der Waals surface area contributed by atoms with Gasteiger partial charge in [-0.1, -0.05) is 12.1 Å². The Morgan fingerprint density at radius 2 is 1.78 bits per heavy atom.